The summed E-state index contributed by atoms with van der Waals surface area (Å²) in [5.74, 6) is -1.01. The van der Waals surface area contributed by atoms with E-state index >= 15 is 0 Å². The Kier molecular flexibility index (Phi) is 3.81. The summed E-state index contributed by atoms with van der Waals surface area (Å²) in [6.07, 6.45) is 5.66. The molecule has 0 bridgehead atoms. The van der Waals surface area contributed by atoms with Crippen LogP contribution < -0.4 is 0 Å². The summed E-state index contributed by atoms with van der Waals surface area (Å²) >= 11 is 0. The van der Waals surface area contributed by atoms with E-state index in [0.29, 0.717) is 11.1 Å². The molecular formula is C12H14F2. The van der Waals surface area contributed by atoms with Crippen LogP contribution in [0.1, 0.15) is 30.9 Å². The Balaban J connectivity index is 2.96. The van der Waals surface area contributed by atoms with Gasteiger partial charge in [0.1, 0.15) is 11.6 Å². The topological polar surface area (TPSA) is 0 Å². The van der Waals surface area contributed by atoms with Gasteiger partial charge in [0.05, 0.1) is 0 Å². The van der Waals surface area contributed by atoms with Crippen molar-refractivity contribution in [2.75, 3.05) is 0 Å². The molecule has 0 saturated carbocycles. The Morgan fingerprint density at radius 1 is 1.29 bits per heavy atom. The molecule has 0 unspecified atom stereocenters. The molecular weight excluding hydrogens is 182 g/mol. The number of hydrogen-bond acceptors (Lipinski definition) is 0. The standard InChI is InChI=1S/C12H14F2/c1-3-4-5-6-10-7-11(13)8-12(14)9(10)2/h5-8H,3-4H2,1-2H3/b6-5-. The fourth-order valence-corrected chi connectivity index (χ4v) is 1.22. The Bertz CT molecular complexity index is 340. The van der Waals surface area contributed by atoms with E-state index in [-0.39, 0.29) is 0 Å². The third kappa shape index (κ3) is 2.66. The van der Waals surface area contributed by atoms with E-state index in [1.807, 2.05) is 6.08 Å². The van der Waals surface area contributed by atoms with Gasteiger partial charge >= 0.3 is 0 Å². The zero-order chi connectivity index (χ0) is 10.6. The summed E-state index contributed by atoms with van der Waals surface area (Å²) in [5, 5.41) is 0. The molecule has 1 rings (SSSR count). The van der Waals surface area contributed by atoms with Gasteiger partial charge in [-0.1, -0.05) is 25.5 Å². The lowest BCUT2D eigenvalue weighted by Gasteiger charge is -2.02. The number of halogens is 2. The highest BCUT2D eigenvalue weighted by Crippen LogP contribution is 2.16. The average molecular weight is 196 g/mol. The Morgan fingerprint density at radius 2 is 2.00 bits per heavy atom. The van der Waals surface area contributed by atoms with Crippen molar-refractivity contribution in [2.45, 2.75) is 26.7 Å². The highest BCUT2D eigenvalue weighted by molar-refractivity contribution is 5.53. The third-order valence-electron chi connectivity index (χ3n) is 2.10. The van der Waals surface area contributed by atoms with Crippen LogP contribution in [0.4, 0.5) is 8.78 Å². The van der Waals surface area contributed by atoms with Crippen molar-refractivity contribution >= 4 is 6.08 Å². The van der Waals surface area contributed by atoms with E-state index in [9.17, 15) is 8.78 Å². The lowest BCUT2D eigenvalue weighted by molar-refractivity contribution is 0.577. The van der Waals surface area contributed by atoms with E-state index in [2.05, 4.69) is 6.92 Å². The second kappa shape index (κ2) is 4.89. The van der Waals surface area contributed by atoms with Crippen molar-refractivity contribution in [3.8, 4) is 0 Å². The lowest BCUT2D eigenvalue weighted by atomic mass is 10.1. The molecule has 1 aromatic carbocycles. The fraction of sp³-hybridized carbons (Fsp3) is 0.333. The van der Waals surface area contributed by atoms with Crippen LogP contribution in [0, 0.1) is 18.6 Å². The highest BCUT2D eigenvalue weighted by atomic mass is 19.1. The van der Waals surface area contributed by atoms with Gasteiger partial charge < -0.3 is 0 Å². The van der Waals surface area contributed by atoms with Crippen molar-refractivity contribution in [2.24, 2.45) is 0 Å². The van der Waals surface area contributed by atoms with Crippen molar-refractivity contribution in [1.29, 1.82) is 0 Å². The molecule has 0 saturated heterocycles. The van der Waals surface area contributed by atoms with E-state index in [4.69, 9.17) is 0 Å². The zero-order valence-electron chi connectivity index (χ0n) is 8.48. The first-order chi connectivity index (χ1) is 6.65. The first-order valence-electron chi connectivity index (χ1n) is 4.77. The number of benzene rings is 1. The summed E-state index contributed by atoms with van der Waals surface area (Å²) in [6, 6.07) is 2.26. The molecule has 0 N–H and O–H groups in total. The monoisotopic (exact) mass is 196 g/mol. The van der Waals surface area contributed by atoms with Crippen LogP contribution in [0.3, 0.4) is 0 Å². The predicted octanol–water partition coefficient (Wildman–Crippen LogP) is 4.09. The van der Waals surface area contributed by atoms with E-state index in [1.54, 1.807) is 13.0 Å². The van der Waals surface area contributed by atoms with Gasteiger partial charge in [-0.15, -0.1) is 0 Å². The fourth-order valence-electron chi connectivity index (χ4n) is 1.22. The second-order valence-corrected chi connectivity index (χ2v) is 3.29. The number of rotatable bonds is 3. The number of unbranched alkanes of at least 4 members (excludes halogenated alkanes) is 1. The van der Waals surface area contributed by atoms with Crippen LogP contribution in [0.15, 0.2) is 18.2 Å². The minimum absolute atomic E-state index is 0.485. The molecule has 0 nitrogen and oxygen atoms in total. The summed E-state index contributed by atoms with van der Waals surface area (Å²) in [4.78, 5) is 0. The van der Waals surface area contributed by atoms with Gasteiger partial charge in [0.25, 0.3) is 0 Å². The molecule has 14 heavy (non-hydrogen) atoms. The molecule has 0 heterocycles. The number of allylic oxidation sites excluding steroid dienone is 1. The molecule has 0 aliphatic heterocycles. The van der Waals surface area contributed by atoms with Crippen LogP contribution in [0.5, 0.6) is 0 Å². The molecule has 0 fully saturated rings. The maximum atomic E-state index is 13.1. The molecule has 0 spiro atoms. The first kappa shape index (κ1) is 10.9. The number of hydrogen-bond donors (Lipinski definition) is 0. The van der Waals surface area contributed by atoms with Gasteiger partial charge in [-0.3, -0.25) is 0 Å². The van der Waals surface area contributed by atoms with Gasteiger partial charge in [-0.2, -0.15) is 0 Å². The average Bonchev–Trinajstić information content (AvgIpc) is 2.13. The van der Waals surface area contributed by atoms with E-state index < -0.39 is 11.6 Å². The van der Waals surface area contributed by atoms with Crippen LogP contribution in [0.25, 0.3) is 6.08 Å². The molecule has 76 valence electrons. The second-order valence-electron chi connectivity index (χ2n) is 3.29. The molecule has 0 amide bonds. The largest absolute Gasteiger partial charge is 0.207 e. The molecule has 0 aromatic heterocycles. The van der Waals surface area contributed by atoms with Crippen LogP contribution in [-0.4, -0.2) is 0 Å². The SMILES string of the molecule is CCC/C=C\c1cc(F)cc(F)c1C. The molecule has 1 aromatic rings. The Hall–Kier alpha value is -1.18. The molecule has 2 heteroatoms. The quantitative estimate of drug-likeness (QED) is 0.683. The zero-order valence-corrected chi connectivity index (χ0v) is 8.48. The van der Waals surface area contributed by atoms with Crippen molar-refractivity contribution in [3.05, 3.63) is 41.0 Å². The predicted molar refractivity (Wildman–Crippen MR) is 55.0 cm³/mol. The molecule has 0 aliphatic carbocycles. The summed E-state index contributed by atoms with van der Waals surface area (Å²) in [7, 11) is 0. The van der Waals surface area contributed by atoms with Gasteiger partial charge in [-0.25, -0.2) is 8.78 Å². The first-order valence-corrected chi connectivity index (χ1v) is 4.77. The van der Waals surface area contributed by atoms with Gasteiger partial charge in [0.2, 0.25) is 0 Å². The van der Waals surface area contributed by atoms with Crippen LogP contribution in [0.2, 0.25) is 0 Å². The third-order valence-corrected chi connectivity index (χ3v) is 2.10. The highest BCUT2D eigenvalue weighted by Gasteiger charge is 2.03. The summed E-state index contributed by atoms with van der Waals surface area (Å²) in [6.45, 7) is 3.71. The maximum absolute atomic E-state index is 13.1. The molecule has 0 atom stereocenters. The molecule has 0 aliphatic rings. The van der Waals surface area contributed by atoms with Crippen molar-refractivity contribution in [1.82, 2.24) is 0 Å². The molecule has 0 radical (unpaired) electrons. The lowest BCUT2D eigenvalue weighted by Crippen LogP contribution is -1.89. The van der Waals surface area contributed by atoms with Crippen molar-refractivity contribution in [3.63, 3.8) is 0 Å². The van der Waals surface area contributed by atoms with Crippen LogP contribution >= 0.6 is 0 Å². The minimum atomic E-state index is -0.524. The van der Waals surface area contributed by atoms with Gasteiger partial charge in [0, 0.05) is 6.07 Å². The van der Waals surface area contributed by atoms with Crippen molar-refractivity contribution < 1.29 is 8.78 Å². The smallest absolute Gasteiger partial charge is 0.129 e. The summed E-state index contributed by atoms with van der Waals surface area (Å²) < 4.78 is 25.9. The van der Waals surface area contributed by atoms with Crippen LogP contribution in [-0.2, 0) is 0 Å². The Morgan fingerprint density at radius 3 is 2.64 bits per heavy atom. The van der Waals surface area contributed by atoms with Gasteiger partial charge in [0.15, 0.2) is 0 Å². The maximum Gasteiger partial charge on any atom is 0.129 e. The van der Waals surface area contributed by atoms with E-state index in [0.717, 1.165) is 18.9 Å². The minimum Gasteiger partial charge on any atom is -0.207 e. The Labute approximate surface area is 83.3 Å². The van der Waals surface area contributed by atoms with Gasteiger partial charge in [-0.05, 0) is 30.5 Å². The van der Waals surface area contributed by atoms with E-state index in [1.165, 1.54) is 6.07 Å². The summed E-state index contributed by atoms with van der Waals surface area (Å²) in [5.41, 5.74) is 1.12. The normalized spacial score (nSPS) is 11.1.